The zero-order valence-corrected chi connectivity index (χ0v) is 12.4. The smallest absolute Gasteiger partial charge is 0.313 e. The average Bonchev–Trinajstić information content (AvgIpc) is 2.36. The molecule has 2 rings (SSSR count). The summed E-state index contributed by atoms with van der Waals surface area (Å²) >= 11 is 1.42. The molecule has 2 aliphatic rings. The lowest BCUT2D eigenvalue weighted by Crippen LogP contribution is -2.63. The predicted octanol–water partition coefficient (Wildman–Crippen LogP) is -0.367. The van der Waals surface area contributed by atoms with Gasteiger partial charge in [0.25, 0.3) is 0 Å². The number of thioether (sulfide) groups is 1. The minimum absolute atomic E-state index is 0.0320. The maximum atomic E-state index is 10.7. The van der Waals surface area contributed by atoms with Crippen molar-refractivity contribution in [2.75, 3.05) is 39.0 Å². The van der Waals surface area contributed by atoms with E-state index in [9.17, 15) is 4.79 Å². The minimum atomic E-state index is -0.761. The number of aliphatic carboxylic acids is 1. The molecule has 3 N–H and O–H groups in total. The van der Waals surface area contributed by atoms with Crippen molar-refractivity contribution in [1.29, 1.82) is 0 Å². The lowest BCUT2D eigenvalue weighted by Gasteiger charge is -2.44. The number of nitrogens with one attached hydrogen (secondary N) is 2. The Kier molecular flexibility index (Phi) is 5.47. The average molecular weight is 288 g/mol. The monoisotopic (exact) mass is 288 g/mol. The summed E-state index contributed by atoms with van der Waals surface area (Å²) in [6, 6.07) is 0.414. The molecule has 0 saturated carbocycles. The van der Waals surface area contributed by atoms with Gasteiger partial charge in [-0.05, 0) is 20.4 Å². The molecule has 2 fully saturated rings. The van der Waals surface area contributed by atoms with E-state index in [1.54, 1.807) is 0 Å². The lowest BCUT2D eigenvalue weighted by atomic mass is 10.1. The summed E-state index contributed by atoms with van der Waals surface area (Å²) in [6.07, 6.45) is 1.42. The lowest BCUT2D eigenvalue weighted by molar-refractivity contribution is -0.133. The van der Waals surface area contributed by atoms with Crippen LogP contribution in [0.2, 0.25) is 0 Å². The third-order valence-electron chi connectivity index (χ3n) is 3.71. The fraction of sp³-hybridized carbons (Fsp3) is 0.917. The first-order valence-electron chi connectivity index (χ1n) is 6.82. The van der Waals surface area contributed by atoms with Crippen molar-refractivity contribution >= 4 is 17.7 Å². The van der Waals surface area contributed by atoms with E-state index in [1.165, 1.54) is 11.8 Å². The third kappa shape index (κ3) is 4.61. The zero-order chi connectivity index (χ0) is 13.8. The van der Waals surface area contributed by atoms with Gasteiger partial charge < -0.3 is 10.0 Å². The number of hydrogen-bond acceptors (Lipinski definition) is 6. The van der Waals surface area contributed by atoms with Crippen molar-refractivity contribution in [2.45, 2.75) is 31.0 Å². The Hall–Kier alpha value is -0.340. The standard InChI is InChI=1S/C12H24N4O2S/c1-9-7-10(16-5-3-15(2)4-6-16)14-12(13-9)19-8-11(17)18/h9-10,12-14H,3-8H2,1-2H3,(H,17,18). The van der Waals surface area contributed by atoms with Crippen LogP contribution in [0.15, 0.2) is 0 Å². The van der Waals surface area contributed by atoms with Crippen LogP contribution in [0.4, 0.5) is 0 Å². The highest BCUT2D eigenvalue weighted by Crippen LogP contribution is 2.18. The number of hydrogen-bond donors (Lipinski definition) is 3. The molecule has 19 heavy (non-hydrogen) atoms. The topological polar surface area (TPSA) is 67.8 Å². The third-order valence-corrected chi connectivity index (χ3v) is 4.73. The highest BCUT2D eigenvalue weighted by atomic mass is 32.2. The van der Waals surface area contributed by atoms with Crippen molar-refractivity contribution in [3.05, 3.63) is 0 Å². The van der Waals surface area contributed by atoms with E-state index in [4.69, 9.17) is 5.11 Å². The van der Waals surface area contributed by atoms with Crippen LogP contribution in [0.3, 0.4) is 0 Å². The van der Waals surface area contributed by atoms with Gasteiger partial charge in [0.2, 0.25) is 0 Å². The van der Waals surface area contributed by atoms with Crippen LogP contribution < -0.4 is 10.6 Å². The van der Waals surface area contributed by atoms with Crippen molar-refractivity contribution < 1.29 is 9.90 Å². The predicted molar refractivity (Wildman–Crippen MR) is 77.1 cm³/mol. The Morgan fingerprint density at radius 1 is 1.32 bits per heavy atom. The number of carbonyl (C=O) groups is 1. The molecule has 0 spiro atoms. The normalized spacial score (nSPS) is 34.3. The van der Waals surface area contributed by atoms with Crippen LogP contribution in [0.5, 0.6) is 0 Å². The minimum Gasteiger partial charge on any atom is -0.481 e. The van der Waals surface area contributed by atoms with E-state index >= 15 is 0 Å². The van der Waals surface area contributed by atoms with E-state index in [0.717, 1.165) is 32.6 Å². The quantitative estimate of drug-likeness (QED) is 0.652. The number of carboxylic acid groups (broad SMARTS) is 1. The molecule has 2 aliphatic heterocycles. The molecule has 2 heterocycles. The molecule has 0 bridgehead atoms. The summed E-state index contributed by atoms with van der Waals surface area (Å²) in [4.78, 5) is 15.5. The van der Waals surface area contributed by atoms with Gasteiger partial charge in [-0.15, -0.1) is 11.8 Å². The Balaban J connectivity index is 1.84. The summed E-state index contributed by atoms with van der Waals surface area (Å²) in [5.41, 5.74) is 0.0320. The van der Waals surface area contributed by atoms with Crippen LogP contribution >= 0.6 is 11.8 Å². The Morgan fingerprint density at radius 2 is 2.00 bits per heavy atom. The van der Waals surface area contributed by atoms with Crippen LogP contribution in [-0.4, -0.2) is 77.6 Å². The fourth-order valence-electron chi connectivity index (χ4n) is 2.59. The van der Waals surface area contributed by atoms with Gasteiger partial charge in [-0.25, -0.2) is 0 Å². The Bertz CT molecular complexity index is 310. The molecule has 0 aromatic carbocycles. The van der Waals surface area contributed by atoms with Crippen molar-refractivity contribution in [3.63, 3.8) is 0 Å². The van der Waals surface area contributed by atoms with E-state index in [2.05, 4.69) is 34.4 Å². The maximum Gasteiger partial charge on any atom is 0.313 e. The molecule has 3 unspecified atom stereocenters. The van der Waals surface area contributed by atoms with Gasteiger partial charge in [0.15, 0.2) is 0 Å². The second-order valence-electron chi connectivity index (χ2n) is 5.41. The number of rotatable bonds is 4. The first kappa shape index (κ1) is 15.1. The van der Waals surface area contributed by atoms with Crippen molar-refractivity contribution in [3.8, 4) is 0 Å². The molecular formula is C12H24N4O2S. The maximum absolute atomic E-state index is 10.7. The molecule has 6 nitrogen and oxygen atoms in total. The largest absolute Gasteiger partial charge is 0.481 e. The summed E-state index contributed by atoms with van der Waals surface area (Å²) in [7, 11) is 2.15. The Morgan fingerprint density at radius 3 is 2.63 bits per heavy atom. The van der Waals surface area contributed by atoms with Gasteiger partial charge in [-0.3, -0.25) is 20.3 Å². The molecule has 0 aromatic heterocycles. The molecule has 7 heteroatoms. The number of nitrogens with zero attached hydrogens (tertiary/aromatic N) is 2. The van der Waals surface area contributed by atoms with E-state index in [1.807, 2.05) is 0 Å². The summed E-state index contributed by atoms with van der Waals surface area (Å²) in [5, 5.41) is 15.7. The van der Waals surface area contributed by atoms with Gasteiger partial charge in [-0.1, -0.05) is 0 Å². The highest BCUT2D eigenvalue weighted by molar-refractivity contribution is 8.00. The molecule has 110 valence electrons. The van der Waals surface area contributed by atoms with Crippen LogP contribution in [0.1, 0.15) is 13.3 Å². The zero-order valence-electron chi connectivity index (χ0n) is 11.6. The second-order valence-corrected chi connectivity index (χ2v) is 6.50. The molecule has 3 atom stereocenters. The number of likely N-dealkylation sites (N-methyl/N-ethyl adjacent to an activating group) is 1. The van der Waals surface area contributed by atoms with Gasteiger partial charge in [0.05, 0.1) is 11.9 Å². The highest BCUT2D eigenvalue weighted by Gasteiger charge is 2.30. The van der Waals surface area contributed by atoms with Gasteiger partial charge >= 0.3 is 5.97 Å². The van der Waals surface area contributed by atoms with E-state index in [-0.39, 0.29) is 11.3 Å². The first-order chi connectivity index (χ1) is 9.04. The van der Waals surface area contributed by atoms with Crippen molar-refractivity contribution in [2.24, 2.45) is 0 Å². The van der Waals surface area contributed by atoms with Crippen LogP contribution in [0.25, 0.3) is 0 Å². The first-order valence-corrected chi connectivity index (χ1v) is 7.87. The van der Waals surface area contributed by atoms with E-state index in [0.29, 0.717) is 12.2 Å². The van der Waals surface area contributed by atoms with Crippen LogP contribution in [0, 0.1) is 0 Å². The van der Waals surface area contributed by atoms with Gasteiger partial charge in [0, 0.05) is 32.2 Å². The van der Waals surface area contributed by atoms with E-state index < -0.39 is 5.97 Å². The van der Waals surface area contributed by atoms with Crippen molar-refractivity contribution in [1.82, 2.24) is 20.4 Å². The number of carboxylic acids is 1. The summed E-state index contributed by atoms with van der Waals surface area (Å²) in [5.74, 6) is -0.629. The molecule has 0 aromatic rings. The van der Waals surface area contributed by atoms with Gasteiger partial charge in [-0.2, -0.15) is 0 Å². The van der Waals surface area contributed by atoms with Crippen LogP contribution in [-0.2, 0) is 4.79 Å². The Labute approximate surface area is 118 Å². The number of piperazine rings is 1. The summed E-state index contributed by atoms with van der Waals surface area (Å²) < 4.78 is 0. The second kappa shape index (κ2) is 6.90. The molecular weight excluding hydrogens is 264 g/mol. The molecule has 0 amide bonds. The fourth-order valence-corrected chi connectivity index (χ4v) is 3.48. The molecule has 0 aliphatic carbocycles. The molecule has 0 radical (unpaired) electrons. The molecule has 2 saturated heterocycles. The summed E-state index contributed by atoms with van der Waals surface area (Å²) in [6.45, 7) is 6.53. The SMILES string of the molecule is CC1CC(N2CCN(C)CC2)NC(SCC(=O)O)N1. The van der Waals surface area contributed by atoms with Gasteiger partial charge in [0.1, 0.15) is 5.50 Å².